The highest BCUT2D eigenvalue weighted by molar-refractivity contribution is 6.19. The number of ether oxygens (including phenoxy) is 1. The number of nitrogens with zero attached hydrogens (tertiary/aromatic N) is 5. The summed E-state index contributed by atoms with van der Waals surface area (Å²) in [5.41, 5.74) is 3.80. The van der Waals surface area contributed by atoms with Crippen LogP contribution in [0.5, 0.6) is 0 Å². The molecule has 1 fully saturated rings. The summed E-state index contributed by atoms with van der Waals surface area (Å²) in [6.45, 7) is 4.08. The van der Waals surface area contributed by atoms with Gasteiger partial charge in [0.05, 0.1) is 29.7 Å². The Morgan fingerprint density at radius 1 is 1.00 bits per heavy atom. The fraction of sp³-hybridized carbons (Fsp3) is 0.222. The Morgan fingerprint density at radius 2 is 1.81 bits per heavy atom. The molecule has 10 nitrogen and oxygen atoms in total. The minimum absolute atomic E-state index is 0.0856. The molecular formula is C27H25N7O3. The number of morpholine rings is 1. The molecule has 1 saturated heterocycles. The Hall–Kier alpha value is -4.57. The van der Waals surface area contributed by atoms with Crippen LogP contribution in [0.25, 0.3) is 11.5 Å². The molecule has 1 amide bonds. The first-order chi connectivity index (χ1) is 18.2. The average Bonchev–Trinajstić information content (AvgIpc) is 3.35. The van der Waals surface area contributed by atoms with Crippen LogP contribution in [0, 0.1) is 0 Å². The average molecular weight is 496 g/mol. The van der Waals surface area contributed by atoms with Crippen molar-refractivity contribution < 1.29 is 13.9 Å². The number of rotatable bonds is 5. The van der Waals surface area contributed by atoms with Crippen LogP contribution in [-0.2, 0) is 9.53 Å². The lowest BCUT2D eigenvalue weighted by Crippen LogP contribution is -2.41. The molecule has 4 aromatic rings. The number of carbonyl (C=O) groups excluding carboxylic acids is 1. The fourth-order valence-corrected chi connectivity index (χ4v) is 4.51. The van der Waals surface area contributed by atoms with Crippen molar-refractivity contribution >= 4 is 29.1 Å². The van der Waals surface area contributed by atoms with Crippen molar-refractivity contribution in [1.29, 1.82) is 0 Å². The number of anilines is 3. The summed E-state index contributed by atoms with van der Waals surface area (Å²) in [4.78, 5) is 24.6. The Bertz CT molecular complexity index is 1450. The van der Waals surface area contributed by atoms with E-state index in [4.69, 9.17) is 14.1 Å². The molecule has 2 atom stereocenters. The van der Waals surface area contributed by atoms with Crippen LogP contribution in [0.2, 0.25) is 0 Å². The zero-order chi connectivity index (χ0) is 25.2. The summed E-state index contributed by atoms with van der Waals surface area (Å²) >= 11 is 0. The molecule has 2 aromatic carbocycles. The third-order valence-electron chi connectivity index (χ3n) is 6.24. The molecule has 0 aliphatic carbocycles. The van der Waals surface area contributed by atoms with Gasteiger partial charge in [0.2, 0.25) is 6.17 Å². The zero-order valence-corrected chi connectivity index (χ0v) is 20.2. The Balaban J connectivity index is 1.31. The minimum atomic E-state index is -0.982. The van der Waals surface area contributed by atoms with Crippen molar-refractivity contribution in [2.24, 2.45) is 4.99 Å². The highest BCUT2D eigenvalue weighted by atomic mass is 16.5. The van der Waals surface area contributed by atoms with Gasteiger partial charge in [0.15, 0.2) is 0 Å². The Morgan fingerprint density at radius 3 is 2.68 bits per heavy atom. The van der Waals surface area contributed by atoms with E-state index in [1.807, 2.05) is 73.7 Å². The summed E-state index contributed by atoms with van der Waals surface area (Å²) in [6.07, 6.45) is 0.851. The van der Waals surface area contributed by atoms with E-state index >= 15 is 0 Å². The number of hydrogen-bond acceptors (Lipinski definition) is 9. The van der Waals surface area contributed by atoms with Crippen molar-refractivity contribution in [2.45, 2.75) is 19.2 Å². The van der Waals surface area contributed by atoms with Crippen molar-refractivity contribution in [1.82, 2.24) is 15.2 Å². The lowest BCUT2D eigenvalue weighted by Gasteiger charge is -2.32. The third kappa shape index (κ3) is 4.66. The van der Waals surface area contributed by atoms with Crippen molar-refractivity contribution in [3.05, 3.63) is 84.1 Å². The number of para-hydroxylation sites is 1. The second-order valence-electron chi connectivity index (χ2n) is 8.84. The van der Waals surface area contributed by atoms with Gasteiger partial charge in [-0.3, -0.25) is 4.79 Å². The molecule has 6 rings (SSSR count). The van der Waals surface area contributed by atoms with Gasteiger partial charge < -0.3 is 24.7 Å². The topological polar surface area (TPSA) is 118 Å². The number of aliphatic imine (C=N–C) groups is 1. The van der Waals surface area contributed by atoms with Gasteiger partial charge in [0.1, 0.15) is 5.82 Å². The monoisotopic (exact) mass is 495 g/mol. The second kappa shape index (κ2) is 9.82. The number of hydrogen-bond donors (Lipinski definition) is 2. The number of benzodiazepines with no additional fused rings is 1. The Kier molecular flexibility index (Phi) is 6.07. The molecule has 4 heterocycles. The van der Waals surface area contributed by atoms with E-state index in [9.17, 15) is 4.79 Å². The molecule has 2 aromatic heterocycles. The van der Waals surface area contributed by atoms with Crippen molar-refractivity contribution in [3.8, 4) is 11.5 Å². The van der Waals surface area contributed by atoms with E-state index < -0.39 is 6.17 Å². The van der Waals surface area contributed by atoms with Crippen LogP contribution >= 0.6 is 0 Å². The summed E-state index contributed by atoms with van der Waals surface area (Å²) in [6, 6.07) is 21.1. The lowest BCUT2D eigenvalue weighted by atomic mass is 10.0. The van der Waals surface area contributed by atoms with Gasteiger partial charge in [-0.2, -0.15) is 0 Å². The SMILES string of the molecule is C[C@H]1CN(c2ncccc2-c2nnc(N[C@H]3N=C(c4ccccc4)c4ccccc4NC3=O)o2)CCO1. The molecular weight excluding hydrogens is 470 g/mol. The number of benzene rings is 2. The first-order valence-corrected chi connectivity index (χ1v) is 12.1. The molecule has 2 N–H and O–H groups in total. The van der Waals surface area contributed by atoms with Gasteiger partial charge >= 0.3 is 6.01 Å². The number of nitrogens with one attached hydrogen (secondary N) is 2. The molecule has 0 bridgehead atoms. The summed E-state index contributed by atoms with van der Waals surface area (Å²) in [7, 11) is 0. The second-order valence-corrected chi connectivity index (χ2v) is 8.84. The molecule has 0 radical (unpaired) electrons. The lowest BCUT2D eigenvalue weighted by molar-refractivity contribution is -0.116. The predicted molar refractivity (Wildman–Crippen MR) is 140 cm³/mol. The minimum Gasteiger partial charge on any atom is -0.403 e. The number of aromatic nitrogens is 3. The largest absolute Gasteiger partial charge is 0.403 e. The molecule has 37 heavy (non-hydrogen) atoms. The van der Waals surface area contributed by atoms with E-state index in [0.29, 0.717) is 42.5 Å². The van der Waals surface area contributed by atoms with Crippen molar-refractivity contribution in [3.63, 3.8) is 0 Å². The standard InChI is InChI=1S/C27H25N7O3/c1-17-16-34(14-15-36-17)24-20(11-7-13-28-24)26-32-33-27(37-26)31-23-25(35)29-21-12-6-5-10-19(21)22(30-23)18-8-3-2-4-9-18/h2-13,17,23H,14-16H2,1H3,(H,29,35)(H,31,33)/t17-,23+/m0/s1. The van der Waals surface area contributed by atoms with Crippen LogP contribution < -0.4 is 15.5 Å². The van der Waals surface area contributed by atoms with Gasteiger partial charge in [-0.25, -0.2) is 9.98 Å². The maximum atomic E-state index is 13.1. The maximum Gasteiger partial charge on any atom is 0.317 e. The number of amides is 1. The van der Waals surface area contributed by atoms with Crippen LogP contribution in [0.1, 0.15) is 18.1 Å². The van der Waals surface area contributed by atoms with Gasteiger partial charge in [0.25, 0.3) is 11.8 Å². The first-order valence-electron chi connectivity index (χ1n) is 12.1. The Labute approximate surface area is 213 Å². The van der Waals surface area contributed by atoms with E-state index in [-0.39, 0.29) is 18.0 Å². The molecule has 186 valence electrons. The molecule has 10 heteroatoms. The first kappa shape index (κ1) is 22.9. The summed E-state index contributed by atoms with van der Waals surface area (Å²) in [5, 5.41) is 14.3. The van der Waals surface area contributed by atoms with Crippen LogP contribution in [0.4, 0.5) is 17.5 Å². The van der Waals surface area contributed by atoms with E-state index in [1.54, 1.807) is 6.20 Å². The van der Waals surface area contributed by atoms with E-state index in [2.05, 4.69) is 30.7 Å². The highest BCUT2D eigenvalue weighted by Gasteiger charge is 2.28. The van der Waals surface area contributed by atoms with Crippen molar-refractivity contribution in [2.75, 3.05) is 35.2 Å². The summed E-state index contributed by atoms with van der Waals surface area (Å²) < 4.78 is 11.6. The van der Waals surface area contributed by atoms with E-state index in [0.717, 1.165) is 16.9 Å². The smallest absolute Gasteiger partial charge is 0.317 e. The summed E-state index contributed by atoms with van der Waals surface area (Å²) in [5.74, 6) is 0.719. The van der Waals surface area contributed by atoms with Crippen LogP contribution in [0.15, 0.2) is 82.3 Å². The number of pyridine rings is 1. The maximum absolute atomic E-state index is 13.1. The zero-order valence-electron chi connectivity index (χ0n) is 20.2. The fourth-order valence-electron chi connectivity index (χ4n) is 4.51. The van der Waals surface area contributed by atoms with Crippen LogP contribution in [0.3, 0.4) is 0 Å². The molecule has 2 aliphatic heterocycles. The third-order valence-corrected chi connectivity index (χ3v) is 6.24. The van der Waals surface area contributed by atoms with Crippen LogP contribution in [-0.4, -0.2) is 58.8 Å². The predicted octanol–water partition coefficient (Wildman–Crippen LogP) is 3.58. The molecule has 2 aliphatic rings. The quantitative estimate of drug-likeness (QED) is 0.431. The van der Waals surface area contributed by atoms with Gasteiger partial charge in [-0.05, 0) is 25.1 Å². The van der Waals surface area contributed by atoms with Gasteiger partial charge in [0, 0.05) is 30.4 Å². The molecule has 0 saturated carbocycles. The normalized spacial score (nSPS) is 19.4. The van der Waals surface area contributed by atoms with Gasteiger partial charge in [-0.15, -0.1) is 5.10 Å². The number of carbonyl (C=O) groups is 1. The highest BCUT2D eigenvalue weighted by Crippen LogP contribution is 2.30. The molecule has 0 unspecified atom stereocenters. The molecule has 0 spiro atoms. The van der Waals surface area contributed by atoms with Gasteiger partial charge in [-0.1, -0.05) is 53.6 Å². The number of fused-ring (bicyclic) bond motifs is 1. The van der Waals surface area contributed by atoms with E-state index in [1.165, 1.54) is 0 Å².